The predicted octanol–water partition coefficient (Wildman–Crippen LogP) is 4.15. The highest BCUT2D eigenvalue weighted by molar-refractivity contribution is 6.11. The molecule has 162 valence electrons. The van der Waals surface area contributed by atoms with Gasteiger partial charge in [-0.15, -0.1) is 0 Å². The number of methoxy groups -OCH3 is 1. The van der Waals surface area contributed by atoms with Crippen molar-refractivity contribution in [2.45, 2.75) is 0 Å². The molecule has 0 unspecified atom stereocenters. The summed E-state index contributed by atoms with van der Waals surface area (Å²) >= 11 is 0. The predicted molar refractivity (Wildman–Crippen MR) is 117 cm³/mol. The molecule has 0 radical (unpaired) electrons. The number of amides is 2. The molecular formula is C23H18FN3O5. The number of hydrogen-bond acceptors (Lipinski definition) is 5. The Morgan fingerprint density at radius 1 is 1.03 bits per heavy atom. The average Bonchev–Trinajstić information content (AvgIpc) is 2.78. The average molecular weight is 435 g/mol. The number of rotatable bonds is 7. The minimum absolute atomic E-state index is 0.119. The van der Waals surface area contributed by atoms with Crippen LogP contribution in [0.3, 0.4) is 0 Å². The van der Waals surface area contributed by atoms with E-state index in [-0.39, 0.29) is 22.6 Å². The number of carbonyl (C=O) groups is 2. The van der Waals surface area contributed by atoms with Gasteiger partial charge in [-0.1, -0.05) is 18.2 Å². The third-order valence-electron chi connectivity index (χ3n) is 4.34. The van der Waals surface area contributed by atoms with Crippen molar-refractivity contribution in [1.29, 1.82) is 0 Å². The number of carbonyl (C=O) groups excluding carboxylic acids is 2. The van der Waals surface area contributed by atoms with Crippen LogP contribution in [0.15, 0.2) is 78.5 Å². The van der Waals surface area contributed by atoms with Gasteiger partial charge >= 0.3 is 0 Å². The summed E-state index contributed by atoms with van der Waals surface area (Å²) in [6.45, 7) is 0. The van der Waals surface area contributed by atoms with Crippen molar-refractivity contribution < 1.29 is 23.6 Å². The second-order valence-corrected chi connectivity index (χ2v) is 6.53. The zero-order valence-electron chi connectivity index (χ0n) is 16.9. The number of benzene rings is 3. The van der Waals surface area contributed by atoms with E-state index in [2.05, 4.69) is 10.6 Å². The lowest BCUT2D eigenvalue weighted by Crippen LogP contribution is -2.31. The summed E-state index contributed by atoms with van der Waals surface area (Å²) in [6.07, 6.45) is 1.35. The van der Waals surface area contributed by atoms with E-state index in [0.717, 1.165) is 6.07 Å². The van der Waals surface area contributed by atoms with Crippen LogP contribution in [-0.2, 0) is 4.79 Å². The number of anilines is 1. The van der Waals surface area contributed by atoms with Crippen LogP contribution in [0.4, 0.5) is 15.8 Å². The first kappa shape index (κ1) is 22.2. The second kappa shape index (κ2) is 9.98. The van der Waals surface area contributed by atoms with Crippen molar-refractivity contribution in [2.75, 3.05) is 12.4 Å². The second-order valence-electron chi connectivity index (χ2n) is 6.53. The maximum atomic E-state index is 13.5. The van der Waals surface area contributed by atoms with Gasteiger partial charge < -0.3 is 15.4 Å². The molecule has 0 heterocycles. The van der Waals surface area contributed by atoms with Crippen molar-refractivity contribution >= 4 is 29.3 Å². The fourth-order valence-corrected chi connectivity index (χ4v) is 2.80. The number of nitro benzene ring substituents is 1. The molecule has 3 aromatic rings. The Morgan fingerprint density at radius 2 is 1.75 bits per heavy atom. The molecule has 0 fully saturated rings. The van der Waals surface area contributed by atoms with Crippen molar-refractivity contribution in [3.8, 4) is 5.75 Å². The van der Waals surface area contributed by atoms with Crippen LogP contribution in [0.25, 0.3) is 6.08 Å². The lowest BCUT2D eigenvalue weighted by atomic mass is 10.1. The fourth-order valence-electron chi connectivity index (χ4n) is 2.80. The maximum Gasteiger partial charge on any atom is 0.272 e. The normalized spacial score (nSPS) is 10.9. The van der Waals surface area contributed by atoms with Gasteiger partial charge in [0.1, 0.15) is 17.3 Å². The Hall–Kier alpha value is -4.53. The summed E-state index contributed by atoms with van der Waals surface area (Å²) in [5, 5.41) is 15.9. The summed E-state index contributed by atoms with van der Waals surface area (Å²) in [5.41, 5.74) is 0.546. The lowest BCUT2D eigenvalue weighted by molar-refractivity contribution is -0.384. The highest BCUT2D eigenvalue weighted by Gasteiger charge is 2.18. The zero-order chi connectivity index (χ0) is 23.1. The van der Waals surface area contributed by atoms with Gasteiger partial charge in [0.25, 0.3) is 17.5 Å². The molecular weight excluding hydrogens is 417 g/mol. The van der Waals surface area contributed by atoms with Gasteiger partial charge in [0.05, 0.1) is 17.6 Å². The molecule has 0 atom stereocenters. The van der Waals surface area contributed by atoms with E-state index in [1.54, 1.807) is 18.2 Å². The number of ether oxygens (including phenoxy) is 1. The molecule has 0 spiro atoms. The molecule has 0 aliphatic carbocycles. The van der Waals surface area contributed by atoms with Gasteiger partial charge in [-0.3, -0.25) is 19.7 Å². The number of nitrogens with one attached hydrogen (secondary N) is 2. The number of non-ortho nitro benzene ring substituents is 1. The van der Waals surface area contributed by atoms with Crippen molar-refractivity contribution in [3.05, 3.63) is 106 Å². The molecule has 3 rings (SSSR count). The molecule has 3 aromatic carbocycles. The molecule has 0 bridgehead atoms. The van der Waals surface area contributed by atoms with Crippen LogP contribution in [0.5, 0.6) is 5.75 Å². The molecule has 32 heavy (non-hydrogen) atoms. The number of nitro groups is 1. The van der Waals surface area contributed by atoms with Crippen LogP contribution in [0.2, 0.25) is 0 Å². The summed E-state index contributed by atoms with van der Waals surface area (Å²) in [7, 11) is 1.41. The SMILES string of the molecule is COc1ccccc1C(=O)NC(=Cc1ccc([N+](=O)[O-])cc1)C(=O)Nc1cccc(F)c1. The van der Waals surface area contributed by atoms with E-state index in [9.17, 15) is 24.1 Å². The first-order valence-electron chi connectivity index (χ1n) is 9.35. The topological polar surface area (TPSA) is 111 Å². The Labute approximate surface area is 182 Å². The standard InChI is InChI=1S/C23H18FN3O5/c1-32-21-8-3-2-7-19(21)22(28)26-20(13-15-9-11-18(12-10-15)27(30)31)23(29)25-17-6-4-5-16(24)14-17/h2-14H,1H3,(H,25,29)(H,26,28). The number of para-hydroxylation sites is 1. The molecule has 0 saturated carbocycles. The fraction of sp³-hybridized carbons (Fsp3) is 0.0435. The van der Waals surface area contributed by atoms with E-state index in [1.165, 1.54) is 61.7 Å². The highest BCUT2D eigenvalue weighted by Crippen LogP contribution is 2.19. The monoisotopic (exact) mass is 435 g/mol. The van der Waals surface area contributed by atoms with Gasteiger partial charge in [0, 0.05) is 17.8 Å². The van der Waals surface area contributed by atoms with E-state index in [4.69, 9.17) is 4.74 Å². The van der Waals surface area contributed by atoms with Gasteiger partial charge in [0.2, 0.25) is 0 Å². The van der Waals surface area contributed by atoms with Crippen molar-refractivity contribution in [2.24, 2.45) is 0 Å². The van der Waals surface area contributed by atoms with Crippen LogP contribution < -0.4 is 15.4 Å². The molecule has 9 heteroatoms. The van der Waals surface area contributed by atoms with Gasteiger partial charge in [-0.25, -0.2) is 4.39 Å². The Kier molecular flexibility index (Phi) is 6.92. The van der Waals surface area contributed by atoms with E-state index >= 15 is 0 Å². The molecule has 8 nitrogen and oxygen atoms in total. The summed E-state index contributed by atoms with van der Waals surface area (Å²) < 4.78 is 18.7. The van der Waals surface area contributed by atoms with Crippen LogP contribution in [-0.4, -0.2) is 23.8 Å². The molecule has 0 saturated heterocycles. The summed E-state index contributed by atoms with van der Waals surface area (Å²) in [6, 6.07) is 17.2. The lowest BCUT2D eigenvalue weighted by Gasteiger charge is -2.13. The maximum absolute atomic E-state index is 13.5. The summed E-state index contributed by atoms with van der Waals surface area (Å²) in [5.74, 6) is -1.55. The smallest absolute Gasteiger partial charge is 0.272 e. The number of halogens is 1. The molecule has 0 aliphatic heterocycles. The highest BCUT2D eigenvalue weighted by atomic mass is 19.1. The summed E-state index contributed by atoms with van der Waals surface area (Å²) in [4.78, 5) is 36.0. The molecule has 0 aromatic heterocycles. The third-order valence-corrected chi connectivity index (χ3v) is 4.34. The van der Waals surface area contributed by atoms with E-state index in [0.29, 0.717) is 11.3 Å². The Balaban J connectivity index is 1.93. The van der Waals surface area contributed by atoms with Gasteiger partial charge in [0.15, 0.2) is 0 Å². The number of nitrogens with zero attached hydrogens (tertiary/aromatic N) is 1. The minimum Gasteiger partial charge on any atom is -0.496 e. The van der Waals surface area contributed by atoms with Crippen LogP contribution in [0.1, 0.15) is 15.9 Å². The number of hydrogen-bond donors (Lipinski definition) is 2. The molecule has 0 aliphatic rings. The van der Waals surface area contributed by atoms with Gasteiger partial charge in [-0.05, 0) is 54.1 Å². The Morgan fingerprint density at radius 3 is 2.41 bits per heavy atom. The van der Waals surface area contributed by atoms with E-state index < -0.39 is 22.6 Å². The molecule has 2 amide bonds. The first-order chi connectivity index (χ1) is 15.4. The van der Waals surface area contributed by atoms with Crippen molar-refractivity contribution in [1.82, 2.24) is 5.32 Å². The minimum atomic E-state index is -0.711. The first-order valence-corrected chi connectivity index (χ1v) is 9.35. The molecule has 2 N–H and O–H groups in total. The largest absolute Gasteiger partial charge is 0.496 e. The third kappa shape index (κ3) is 5.54. The van der Waals surface area contributed by atoms with Gasteiger partial charge in [-0.2, -0.15) is 0 Å². The Bertz CT molecular complexity index is 1190. The van der Waals surface area contributed by atoms with Crippen molar-refractivity contribution in [3.63, 3.8) is 0 Å². The van der Waals surface area contributed by atoms with E-state index in [1.807, 2.05) is 0 Å². The van der Waals surface area contributed by atoms with Crippen LogP contribution >= 0.6 is 0 Å². The van der Waals surface area contributed by atoms with Crippen LogP contribution in [0, 0.1) is 15.9 Å². The quantitative estimate of drug-likeness (QED) is 0.329. The zero-order valence-corrected chi connectivity index (χ0v) is 16.9.